The van der Waals surface area contributed by atoms with Crippen LogP contribution in [0.25, 0.3) is 0 Å². The van der Waals surface area contributed by atoms with Crippen molar-refractivity contribution in [3.63, 3.8) is 0 Å². The fourth-order valence-corrected chi connectivity index (χ4v) is 4.90. The Labute approximate surface area is 193 Å². The van der Waals surface area contributed by atoms with Crippen molar-refractivity contribution in [3.8, 4) is 0 Å². The molecule has 0 aliphatic carbocycles. The quantitative estimate of drug-likeness (QED) is 0.296. The van der Waals surface area contributed by atoms with Gasteiger partial charge in [0.2, 0.25) is 0 Å². The van der Waals surface area contributed by atoms with Crippen molar-refractivity contribution in [2.24, 2.45) is 4.99 Å². The van der Waals surface area contributed by atoms with Crippen molar-refractivity contribution in [1.82, 2.24) is 0 Å². The largest absolute Gasteiger partial charge is 0.264 e. The Hall–Kier alpha value is -3.41. The summed E-state index contributed by atoms with van der Waals surface area (Å²) in [5.41, 5.74) is 3.07. The van der Waals surface area contributed by atoms with Gasteiger partial charge in [0.25, 0.3) is 10.0 Å². The molecule has 0 N–H and O–H groups in total. The second kappa shape index (κ2) is 9.81. The monoisotopic (exact) mass is 460 g/mol. The average Bonchev–Trinajstić information content (AvgIpc) is 2.83. The molecular weight excluding hydrogens is 440 g/mol. The highest BCUT2D eigenvalue weighted by Crippen LogP contribution is 2.28. The fraction of sp³-hybridized carbons (Fsp3) is 0.0385. The van der Waals surface area contributed by atoms with E-state index in [-0.39, 0.29) is 11.4 Å². The normalized spacial score (nSPS) is 11.5. The number of anilines is 1. The molecule has 0 aromatic heterocycles. The van der Waals surface area contributed by atoms with Crippen LogP contribution in [0.4, 0.5) is 11.4 Å². The summed E-state index contributed by atoms with van der Waals surface area (Å²) >= 11 is 6.02. The Balaban J connectivity index is 1.65. The SMILES string of the molecule is O=S(=O)(c1ccccc1)N(Cc1ccccc1)c1ccc(N=Cc2cccc(Cl)c2)cc1. The summed E-state index contributed by atoms with van der Waals surface area (Å²) in [6, 6.07) is 32.6. The molecule has 160 valence electrons. The van der Waals surface area contributed by atoms with Gasteiger partial charge in [-0.15, -0.1) is 0 Å². The predicted molar refractivity (Wildman–Crippen MR) is 131 cm³/mol. The number of hydrogen-bond acceptors (Lipinski definition) is 3. The van der Waals surface area contributed by atoms with Gasteiger partial charge in [-0.25, -0.2) is 8.42 Å². The maximum atomic E-state index is 13.4. The number of sulfonamides is 1. The van der Waals surface area contributed by atoms with Crippen LogP contribution in [0.3, 0.4) is 0 Å². The van der Waals surface area contributed by atoms with E-state index in [0.717, 1.165) is 11.1 Å². The third kappa shape index (κ3) is 5.25. The van der Waals surface area contributed by atoms with Crippen LogP contribution in [0.2, 0.25) is 5.02 Å². The number of nitrogens with zero attached hydrogens (tertiary/aromatic N) is 2. The van der Waals surface area contributed by atoms with Gasteiger partial charge in [-0.05, 0) is 59.7 Å². The Kier molecular flexibility index (Phi) is 6.69. The van der Waals surface area contributed by atoms with E-state index in [1.54, 1.807) is 60.8 Å². The molecule has 0 unspecified atom stereocenters. The van der Waals surface area contributed by atoms with E-state index in [4.69, 9.17) is 11.6 Å². The molecule has 6 heteroatoms. The van der Waals surface area contributed by atoms with Crippen molar-refractivity contribution >= 4 is 39.2 Å². The Morgan fingerprint density at radius 3 is 2.09 bits per heavy atom. The molecule has 4 aromatic carbocycles. The zero-order valence-corrected chi connectivity index (χ0v) is 18.7. The molecule has 4 rings (SSSR count). The van der Waals surface area contributed by atoms with Gasteiger partial charge >= 0.3 is 0 Å². The number of benzene rings is 4. The molecule has 0 amide bonds. The summed E-state index contributed by atoms with van der Waals surface area (Å²) in [5.74, 6) is 0. The van der Waals surface area contributed by atoms with Gasteiger partial charge in [-0.3, -0.25) is 9.30 Å². The van der Waals surface area contributed by atoms with Crippen molar-refractivity contribution in [2.75, 3.05) is 4.31 Å². The lowest BCUT2D eigenvalue weighted by molar-refractivity contribution is 0.590. The van der Waals surface area contributed by atoms with E-state index in [0.29, 0.717) is 16.4 Å². The molecule has 32 heavy (non-hydrogen) atoms. The van der Waals surface area contributed by atoms with Gasteiger partial charge < -0.3 is 0 Å². The number of hydrogen-bond donors (Lipinski definition) is 0. The molecule has 4 nitrogen and oxygen atoms in total. The molecule has 0 aliphatic rings. The Morgan fingerprint density at radius 1 is 0.781 bits per heavy atom. The highest BCUT2D eigenvalue weighted by molar-refractivity contribution is 7.92. The van der Waals surface area contributed by atoms with Gasteiger partial charge in [0.15, 0.2) is 0 Å². The summed E-state index contributed by atoms with van der Waals surface area (Å²) in [5, 5.41) is 0.645. The van der Waals surface area contributed by atoms with Gasteiger partial charge in [0, 0.05) is 11.2 Å². The van der Waals surface area contributed by atoms with Crippen molar-refractivity contribution in [3.05, 3.63) is 125 Å². The van der Waals surface area contributed by atoms with Gasteiger partial charge in [-0.2, -0.15) is 0 Å². The zero-order valence-electron chi connectivity index (χ0n) is 17.2. The van der Waals surface area contributed by atoms with Crippen molar-refractivity contribution in [2.45, 2.75) is 11.4 Å². The first-order valence-electron chi connectivity index (χ1n) is 10.0. The average molecular weight is 461 g/mol. The second-order valence-electron chi connectivity index (χ2n) is 7.14. The third-order valence-electron chi connectivity index (χ3n) is 4.85. The zero-order chi connectivity index (χ0) is 22.4. The minimum atomic E-state index is -3.74. The predicted octanol–water partition coefficient (Wildman–Crippen LogP) is 6.49. The highest BCUT2D eigenvalue weighted by atomic mass is 35.5. The van der Waals surface area contributed by atoms with Crippen LogP contribution in [-0.2, 0) is 16.6 Å². The van der Waals surface area contributed by atoms with E-state index in [2.05, 4.69) is 4.99 Å². The molecule has 0 saturated carbocycles. The van der Waals surface area contributed by atoms with Crippen LogP contribution in [0.15, 0.2) is 119 Å². The minimum absolute atomic E-state index is 0.225. The molecule has 0 atom stereocenters. The first-order chi connectivity index (χ1) is 15.5. The number of aliphatic imine (C=N–C) groups is 1. The summed E-state index contributed by atoms with van der Waals surface area (Å²) in [6.07, 6.45) is 1.73. The molecule has 0 bridgehead atoms. The molecule has 0 fully saturated rings. The van der Waals surface area contributed by atoms with Crippen molar-refractivity contribution < 1.29 is 8.42 Å². The number of rotatable bonds is 7. The lowest BCUT2D eigenvalue weighted by Crippen LogP contribution is -2.30. The molecule has 0 spiro atoms. The first-order valence-corrected chi connectivity index (χ1v) is 11.9. The standard InChI is InChI=1S/C26H21ClN2O2S/c27-23-11-7-10-22(18-23)19-28-24-14-16-25(17-15-24)29(20-21-8-3-1-4-9-21)32(30,31)26-12-5-2-6-13-26/h1-19H,20H2. The van der Waals surface area contributed by atoms with E-state index in [1.807, 2.05) is 54.6 Å². The van der Waals surface area contributed by atoms with Crippen LogP contribution in [0.1, 0.15) is 11.1 Å². The summed E-state index contributed by atoms with van der Waals surface area (Å²) in [7, 11) is -3.74. The van der Waals surface area contributed by atoms with Gasteiger partial charge in [0.05, 0.1) is 22.8 Å². The van der Waals surface area contributed by atoms with Gasteiger partial charge in [0.1, 0.15) is 0 Å². The van der Waals surface area contributed by atoms with E-state index >= 15 is 0 Å². The van der Waals surface area contributed by atoms with E-state index in [9.17, 15) is 8.42 Å². The lowest BCUT2D eigenvalue weighted by Gasteiger charge is -2.25. The minimum Gasteiger partial charge on any atom is -0.262 e. The Morgan fingerprint density at radius 2 is 1.44 bits per heavy atom. The molecule has 0 saturated heterocycles. The van der Waals surface area contributed by atoms with Crippen LogP contribution >= 0.6 is 11.6 Å². The lowest BCUT2D eigenvalue weighted by atomic mass is 10.2. The molecular formula is C26H21ClN2O2S. The molecule has 4 aromatic rings. The maximum absolute atomic E-state index is 13.4. The fourth-order valence-electron chi connectivity index (χ4n) is 3.22. The van der Waals surface area contributed by atoms with Crippen LogP contribution in [0, 0.1) is 0 Å². The highest BCUT2D eigenvalue weighted by Gasteiger charge is 2.25. The summed E-state index contributed by atoms with van der Waals surface area (Å²) in [6.45, 7) is 0.225. The van der Waals surface area contributed by atoms with E-state index < -0.39 is 10.0 Å². The molecule has 0 aliphatic heterocycles. The summed E-state index contributed by atoms with van der Waals surface area (Å²) < 4.78 is 28.3. The van der Waals surface area contributed by atoms with E-state index in [1.165, 1.54) is 4.31 Å². The molecule has 0 heterocycles. The second-order valence-corrected chi connectivity index (χ2v) is 9.44. The molecule has 0 radical (unpaired) electrons. The van der Waals surface area contributed by atoms with Crippen LogP contribution in [0.5, 0.6) is 0 Å². The van der Waals surface area contributed by atoms with Gasteiger partial charge in [-0.1, -0.05) is 72.3 Å². The third-order valence-corrected chi connectivity index (χ3v) is 6.87. The van der Waals surface area contributed by atoms with Crippen LogP contribution < -0.4 is 4.31 Å². The smallest absolute Gasteiger partial charge is 0.262 e. The maximum Gasteiger partial charge on any atom is 0.264 e. The topological polar surface area (TPSA) is 49.7 Å². The van der Waals surface area contributed by atoms with Crippen LogP contribution in [-0.4, -0.2) is 14.6 Å². The first kappa shape index (κ1) is 21.8. The Bertz CT molecular complexity index is 1310. The number of halogens is 1. The van der Waals surface area contributed by atoms with Crippen molar-refractivity contribution in [1.29, 1.82) is 0 Å². The summed E-state index contributed by atoms with van der Waals surface area (Å²) in [4.78, 5) is 4.72.